The summed E-state index contributed by atoms with van der Waals surface area (Å²) >= 11 is 1.39. The van der Waals surface area contributed by atoms with Gasteiger partial charge in [0.15, 0.2) is 5.82 Å². The third kappa shape index (κ3) is 4.17. The molecular formula is C18H24N4OS. The minimum atomic E-state index is -0.210. The molecule has 0 radical (unpaired) electrons. The number of nitrogens with one attached hydrogen (secondary N) is 2. The molecular weight excluding hydrogens is 320 g/mol. The minimum absolute atomic E-state index is 0.0739. The van der Waals surface area contributed by atoms with Gasteiger partial charge in [-0.1, -0.05) is 61.9 Å². The van der Waals surface area contributed by atoms with Crippen LogP contribution in [0.5, 0.6) is 0 Å². The second-order valence-corrected chi connectivity index (χ2v) is 7.78. The molecule has 3 atom stereocenters. The van der Waals surface area contributed by atoms with Crippen LogP contribution >= 0.6 is 11.8 Å². The topological polar surface area (TPSA) is 70.7 Å². The fourth-order valence-corrected chi connectivity index (χ4v) is 3.80. The van der Waals surface area contributed by atoms with Gasteiger partial charge in [0, 0.05) is 11.6 Å². The first-order valence-corrected chi connectivity index (χ1v) is 9.46. The van der Waals surface area contributed by atoms with E-state index in [0.29, 0.717) is 17.1 Å². The third-order valence-electron chi connectivity index (χ3n) is 4.60. The molecule has 2 N–H and O–H groups in total. The fourth-order valence-electron chi connectivity index (χ4n) is 3.07. The smallest absolute Gasteiger partial charge is 0.233 e. The Morgan fingerprint density at radius 3 is 2.79 bits per heavy atom. The van der Waals surface area contributed by atoms with E-state index in [1.54, 1.807) is 0 Å². The summed E-state index contributed by atoms with van der Waals surface area (Å²) < 4.78 is 0. The first-order chi connectivity index (χ1) is 11.6. The Hall–Kier alpha value is -1.82. The molecule has 1 amide bonds. The van der Waals surface area contributed by atoms with Crippen LogP contribution in [0.1, 0.15) is 39.5 Å². The van der Waals surface area contributed by atoms with Crippen LogP contribution in [-0.2, 0) is 4.79 Å². The van der Waals surface area contributed by atoms with Crippen LogP contribution in [0.4, 0.5) is 0 Å². The van der Waals surface area contributed by atoms with Gasteiger partial charge in [-0.3, -0.25) is 9.89 Å². The zero-order chi connectivity index (χ0) is 16.9. The first kappa shape index (κ1) is 17.0. The van der Waals surface area contributed by atoms with Crippen molar-refractivity contribution in [2.24, 2.45) is 5.92 Å². The van der Waals surface area contributed by atoms with Gasteiger partial charge in [-0.05, 0) is 25.7 Å². The van der Waals surface area contributed by atoms with Crippen LogP contribution in [0, 0.1) is 5.92 Å². The molecule has 1 heterocycles. The number of rotatable bonds is 5. The number of hydrogen-bond acceptors (Lipinski definition) is 4. The van der Waals surface area contributed by atoms with Crippen molar-refractivity contribution in [1.82, 2.24) is 20.5 Å². The molecule has 0 bridgehead atoms. The largest absolute Gasteiger partial charge is 0.352 e. The maximum absolute atomic E-state index is 12.4. The van der Waals surface area contributed by atoms with Crippen molar-refractivity contribution >= 4 is 17.7 Å². The standard InChI is InChI=1S/C18H24N4OS/c1-12-8-6-7-11-15(12)19-17(23)13(2)24-18-20-16(21-22-18)14-9-4-3-5-10-14/h3-5,9-10,12-13,15H,6-8,11H2,1-2H3,(H,19,23)(H,20,21,22)/t12-,13-,15-/m1/s1. The molecule has 1 saturated carbocycles. The van der Waals surface area contributed by atoms with Crippen molar-refractivity contribution in [1.29, 1.82) is 0 Å². The molecule has 0 aliphatic heterocycles. The highest BCUT2D eigenvalue weighted by molar-refractivity contribution is 8.00. The number of carbonyl (C=O) groups is 1. The SMILES string of the molecule is C[C@@H]1CCCC[C@H]1NC(=O)[C@@H](C)Sc1n[nH]c(-c2ccccc2)n1. The van der Waals surface area contributed by atoms with Gasteiger partial charge in [-0.25, -0.2) is 4.98 Å². The Labute approximate surface area is 147 Å². The van der Waals surface area contributed by atoms with E-state index in [1.165, 1.54) is 31.0 Å². The van der Waals surface area contributed by atoms with Crippen LogP contribution in [-0.4, -0.2) is 32.4 Å². The van der Waals surface area contributed by atoms with Crippen molar-refractivity contribution in [3.63, 3.8) is 0 Å². The minimum Gasteiger partial charge on any atom is -0.352 e. The number of hydrogen-bond donors (Lipinski definition) is 2. The molecule has 1 aliphatic rings. The fraction of sp³-hybridized carbons (Fsp3) is 0.500. The predicted octanol–water partition coefficient (Wildman–Crippen LogP) is 3.65. The Morgan fingerprint density at radius 1 is 1.29 bits per heavy atom. The molecule has 1 aromatic heterocycles. The molecule has 6 heteroatoms. The zero-order valence-electron chi connectivity index (χ0n) is 14.2. The molecule has 0 unspecified atom stereocenters. The van der Waals surface area contributed by atoms with Crippen molar-refractivity contribution in [3.8, 4) is 11.4 Å². The number of aromatic nitrogens is 3. The Morgan fingerprint density at radius 2 is 2.04 bits per heavy atom. The van der Waals surface area contributed by atoms with Crippen molar-refractivity contribution in [3.05, 3.63) is 30.3 Å². The van der Waals surface area contributed by atoms with E-state index in [4.69, 9.17) is 0 Å². The highest BCUT2D eigenvalue weighted by atomic mass is 32.2. The normalized spacial score (nSPS) is 22.1. The van der Waals surface area contributed by atoms with Gasteiger partial charge in [0.2, 0.25) is 11.1 Å². The van der Waals surface area contributed by atoms with Gasteiger partial charge in [0.05, 0.1) is 5.25 Å². The van der Waals surface area contributed by atoms with Crippen LogP contribution in [0.2, 0.25) is 0 Å². The van der Waals surface area contributed by atoms with Gasteiger partial charge >= 0.3 is 0 Å². The van der Waals surface area contributed by atoms with Crippen LogP contribution in [0.3, 0.4) is 0 Å². The average molecular weight is 344 g/mol. The van der Waals surface area contributed by atoms with E-state index in [-0.39, 0.29) is 11.2 Å². The number of nitrogens with zero attached hydrogens (tertiary/aromatic N) is 2. The number of H-pyrrole nitrogens is 1. The maximum Gasteiger partial charge on any atom is 0.233 e. The lowest BCUT2D eigenvalue weighted by molar-refractivity contribution is -0.121. The Bertz CT molecular complexity index is 673. The summed E-state index contributed by atoms with van der Waals surface area (Å²) in [4.78, 5) is 16.9. The summed E-state index contributed by atoms with van der Waals surface area (Å²) in [5.41, 5.74) is 0.991. The average Bonchev–Trinajstić information content (AvgIpc) is 3.06. The molecule has 0 spiro atoms. The number of benzene rings is 1. The summed E-state index contributed by atoms with van der Waals surface area (Å²) in [6.45, 7) is 4.13. The highest BCUT2D eigenvalue weighted by Gasteiger charge is 2.25. The van der Waals surface area contributed by atoms with E-state index in [1.807, 2.05) is 37.3 Å². The van der Waals surface area contributed by atoms with E-state index in [0.717, 1.165) is 17.8 Å². The first-order valence-electron chi connectivity index (χ1n) is 8.58. The highest BCUT2D eigenvalue weighted by Crippen LogP contribution is 2.26. The molecule has 5 nitrogen and oxygen atoms in total. The van der Waals surface area contributed by atoms with E-state index < -0.39 is 0 Å². The quantitative estimate of drug-likeness (QED) is 0.812. The molecule has 1 fully saturated rings. The van der Waals surface area contributed by atoms with Crippen molar-refractivity contribution < 1.29 is 4.79 Å². The molecule has 128 valence electrons. The van der Waals surface area contributed by atoms with E-state index >= 15 is 0 Å². The summed E-state index contributed by atoms with van der Waals surface area (Å²) in [7, 11) is 0. The number of amides is 1. The molecule has 2 aromatic rings. The summed E-state index contributed by atoms with van der Waals surface area (Å²) in [6.07, 6.45) is 4.77. The lowest BCUT2D eigenvalue weighted by Crippen LogP contribution is -2.44. The summed E-state index contributed by atoms with van der Waals surface area (Å²) in [5, 5.41) is 10.8. The van der Waals surface area contributed by atoms with E-state index in [9.17, 15) is 4.79 Å². The lowest BCUT2D eigenvalue weighted by Gasteiger charge is -2.30. The second-order valence-electron chi connectivity index (χ2n) is 6.47. The van der Waals surface area contributed by atoms with Gasteiger partial charge in [-0.15, -0.1) is 5.10 Å². The van der Waals surface area contributed by atoms with Crippen LogP contribution in [0.15, 0.2) is 35.5 Å². The maximum atomic E-state index is 12.4. The zero-order valence-corrected chi connectivity index (χ0v) is 15.0. The molecule has 1 aliphatic carbocycles. The van der Waals surface area contributed by atoms with Crippen molar-refractivity contribution in [2.75, 3.05) is 0 Å². The van der Waals surface area contributed by atoms with Gasteiger partial charge < -0.3 is 5.32 Å². The van der Waals surface area contributed by atoms with Crippen molar-refractivity contribution in [2.45, 2.75) is 56.0 Å². The van der Waals surface area contributed by atoms with Crippen LogP contribution in [0.25, 0.3) is 11.4 Å². The third-order valence-corrected chi connectivity index (χ3v) is 5.56. The van der Waals surface area contributed by atoms with E-state index in [2.05, 4.69) is 27.4 Å². The molecule has 24 heavy (non-hydrogen) atoms. The number of carbonyl (C=O) groups excluding carboxylic acids is 1. The van der Waals surface area contributed by atoms with Gasteiger partial charge in [0.1, 0.15) is 0 Å². The molecule has 3 rings (SSSR count). The summed E-state index contributed by atoms with van der Waals surface area (Å²) in [6, 6.07) is 10.2. The van der Waals surface area contributed by atoms with Crippen LogP contribution < -0.4 is 5.32 Å². The predicted molar refractivity (Wildman–Crippen MR) is 96.7 cm³/mol. The Balaban J connectivity index is 1.57. The second kappa shape index (κ2) is 7.83. The number of aromatic amines is 1. The molecule has 0 saturated heterocycles. The van der Waals surface area contributed by atoms with Gasteiger partial charge in [-0.2, -0.15) is 0 Å². The van der Waals surface area contributed by atoms with Gasteiger partial charge in [0.25, 0.3) is 0 Å². The number of thioether (sulfide) groups is 1. The Kier molecular flexibility index (Phi) is 5.56. The lowest BCUT2D eigenvalue weighted by atomic mass is 9.86. The summed E-state index contributed by atoms with van der Waals surface area (Å²) in [5.74, 6) is 1.37. The molecule has 1 aromatic carbocycles. The monoisotopic (exact) mass is 344 g/mol.